The second-order valence-corrected chi connectivity index (χ2v) is 40.5. The fourth-order valence-corrected chi connectivity index (χ4v) is 11.0. The Morgan fingerprint density at radius 3 is 1.18 bits per heavy atom. The highest BCUT2D eigenvalue weighted by Gasteiger charge is 2.32. The van der Waals surface area contributed by atoms with Crippen molar-refractivity contribution in [2.24, 2.45) is 0 Å². The van der Waals surface area contributed by atoms with Crippen molar-refractivity contribution >= 4 is 131 Å². The molecule has 119 heavy (non-hydrogen) atoms. The Kier molecular flexibility index (Phi) is 40.0. The molecule has 0 unspecified atom stereocenters. The molecule has 12 rings (SSSR count). The molecule has 8 aromatic carbocycles. The number of H-pyrrole nitrogens is 1. The summed E-state index contributed by atoms with van der Waals surface area (Å²) in [6.45, 7) is 20.4. The maximum Gasteiger partial charge on any atom is 0.488 e. The largest absolute Gasteiger partial charge is 0.488 e. The molecular formula is C76H79BBr5F9N20O6Si2. The summed E-state index contributed by atoms with van der Waals surface area (Å²) in [6.07, 6.45) is -7.16. The van der Waals surface area contributed by atoms with E-state index in [4.69, 9.17) is 60.7 Å². The summed E-state index contributed by atoms with van der Waals surface area (Å²) in [7, 11) is -4.40. The summed E-state index contributed by atoms with van der Waals surface area (Å²) in [5.74, 6) is 4.93. The van der Waals surface area contributed by atoms with Crippen LogP contribution in [0.4, 0.5) is 62.3 Å². The van der Waals surface area contributed by atoms with Crippen LogP contribution in [0, 0.1) is 30.0 Å². The van der Waals surface area contributed by atoms with Gasteiger partial charge in [-0.3, -0.25) is 0 Å². The third-order valence-electron chi connectivity index (χ3n) is 14.9. The first-order valence-electron chi connectivity index (χ1n) is 34.9. The van der Waals surface area contributed by atoms with Gasteiger partial charge < -0.3 is 47.7 Å². The molecule has 13 N–H and O–H groups in total. The minimum Gasteiger partial charge on any atom is -0.423 e. The van der Waals surface area contributed by atoms with Gasteiger partial charge in [-0.2, -0.15) is 59.1 Å². The lowest BCUT2D eigenvalue weighted by atomic mass is 9.80. The molecule has 0 amide bonds. The summed E-state index contributed by atoms with van der Waals surface area (Å²) < 4.78 is 116. The Balaban J connectivity index is 0.000000258. The standard InChI is InChI=1S/C22H23F3N4OSi.C17H14BrF3N4O.C9H10BrN5O.C7H6BF3O2.C7H6BrN5.C7H5BrN2.C5H10Si.C2H5BrO/c1-31(2,3)13-10-17-4-7-18(14-16-5-8-19(9-6-16)22(23,24)25)20(15-17)21-26-28-29(27-21)11-12-30;18-14-6-3-12(9-11-1-4-13(5-2-11)17(19,20)21)15(10-14)16-22-24-25(23-16)7-8-26;10-6-1-2-8(11)7(5-6)9-12-14-15(13-9)3-4-16;9-7(10,11)5-1-3-6(4-2-5)8(12)13;8-4-1-2-6(9)5(3-4)7-10-12-13-11-7;1-10-7-4-5(8)2-3-6(7)9;1-5-6(2,3)4;3-1-2-4/h4-9,15,30H,11-12,14H2,1-3H3;1-6,10,26H,7-9H2;1-2,5,16H,3-4,11H2;1-4,12-13H;1-3H,9H2,(H,10,11,12,13);2-4H,9H2;1H,2-4H3;4H,1-2H2. The van der Waals surface area contributed by atoms with E-state index in [9.17, 15) is 39.5 Å². The van der Waals surface area contributed by atoms with Gasteiger partial charge in [0, 0.05) is 68.1 Å². The van der Waals surface area contributed by atoms with Crippen LogP contribution < -0.4 is 22.7 Å². The molecule has 0 saturated carbocycles. The molecule has 0 radical (unpaired) electrons. The quantitative estimate of drug-likeness (QED) is 0.0107. The van der Waals surface area contributed by atoms with Crippen molar-refractivity contribution in [3.05, 3.63) is 238 Å². The summed E-state index contributed by atoms with van der Waals surface area (Å²) in [5, 5.41) is 102. The minimum atomic E-state index is -4.39. The van der Waals surface area contributed by atoms with Gasteiger partial charge in [-0.1, -0.05) is 186 Å². The first-order chi connectivity index (χ1) is 56.0. The number of aliphatic hydroxyl groups excluding tert-OH is 4. The van der Waals surface area contributed by atoms with Crippen LogP contribution in [0.3, 0.4) is 0 Å². The Labute approximate surface area is 722 Å². The molecule has 4 aromatic heterocycles. The minimum absolute atomic E-state index is 0.0240. The van der Waals surface area contributed by atoms with E-state index < -0.39 is 58.5 Å². The number of terminal acetylenes is 1. The summed E-state index contributed by atoms with van der Waals surface area (Å²) in [6, 6.07) is 41.2. The van der Waals surface area contributed by atoms with Gasteiger partial charge in [0.05, 0.1) is 69.3 Å². The van der Waals surface area contributed by atoms with Crippen LogP contribution in [-0.4, -0.2) is 167 Å². The zero-order valence-electron chi connectivity index (χ0n) is 64.2. The van der Waals surface area contributed by atoms with E-state index in [2.05, 4.69) is 208 Å². The van der Waals surface area contributed by atoms with E-state index >= 15 is 0 Å². The molecular weight excluding hydrogens is 1930 g/mol. The number of nitrogens with one attached hydrogen (secondary N) is 1. The number of aromatic amines is 1. The number of alkyl halides is 10. The average molecular weight is 2010 g/mol. The molecule has 0 saturated heterocycles. The Morgan fingerprint density at radius 1 is 0.479 bits per heavy atom. The Bertz CT molecular complexity index is 5310. The number of tetrazole rings is 4. The van der Waals surface area contributed by atoms with Gasteiger partial charge in [0.15, 0.2) is 0 Å². The molecule has 0 aliphatic rings. The molecule has 4 heterocycles. The maximum absolute atomic E-state index is 12.8. The lowest BCUT2D eigenvalue weighted by Crippen LogP contribution is -2.29. The van der Waals surface area contributed by atoms with Gasteiger partial charge in [0.25, 0.3) is 0 Å². The lowest BCUT2D eigenvalue weighted by molar-refractivity contribution is -0.138. The van der Waals surface area contributed by atoms with Gasteiger partial charge in [0.1, 0.15) is 16.1 Å². The van der Waals surface area contributed by atoms with Crippen LogP contribution >= 0.6 is 79.6 Å². The van der Waals surface area contributed by atoms with Crippen molar-refractivity contribution < 1.29 is 70.0 Å². The van der Waals surface area contributed by atoms with Gasteiger partial charge >= 0.3 is 25.6 Å². The van der Waals surface area contributed by atoms with Crippen molar-refractivity contribution in [1.29, 1.82) is 0 Å². The number of benzene rings is 8. The molecule has 43 heteroatoms. The molecule has 0 aliphatic carbocycles. The van der Waals surface area contributed by atoms with Crippen LogP contribution in [0.1, 0.15) is 44.5 Å². The monoisotopic (exact) mass is 2000 g/mol. The number of hydrogen-bond acceptors (Lipinski definition) is 21. The number of nitrogens with two attached hydrogens (primary N) is 3. The second kappa shape index (κ2) is 47.8. The molecule has 12 aromatic rings. The highest BCUT2D eigenvalue weighted by atomic mass is 79.9. The van der Waals surface area contributed by atoms with Crippen LogP contribution in [0.25, 0.3) is 50.4 Å². The van der Waals surface area contributed by atoms with Crippen molar-refractivity contribution in [3.63, 3.8) is 0 Å². The zero-order valence-corrected chi connectivity index (χ0v) is 74.1. The van der Waals surface area contributed by atoms with E-state index in [1.807, 2.05) is 66.7 Å². The van der Waals surface area contributed by atoms with E-state index in [1.54, 1.807) is 24.3 Å². The van der Waals surface area contributed by atoms with Crippen molar-refractivity contribution in [2.75, 3.05) is 49.0 Å². The summed E-state index contributed by atoms with van der Waals surface area (Å²) >= 11 is 16.3. The smallest absolute Gasteiger partial charge is 0.423 e. The topological polar surface area (TPSA) is 389 Å². The SMILES string of the molecule is C#C[Si](C)(C)C.C[Si](C)(C)C#Cc1ccc(Cc2ccc(C(F)(F)F)cc2)c(-c2nnn(CCO)n2)c1.Nc1ccc(Br)cc1-c1nn[nH]n1.Nc1ccc(Br)cc1-c1nnn(CCO)n1.OB(O)c1ccc(C(F)(F)F)cc1.OCCBr.OCCn1nnc(-c2cc(Br)ccc2Cc2ccc(C(F)(F)F)cc2)n1.[C-]#[N+]c1cc(Br)ccc1N. The Hall–Kier alpha value is -9.92. The van der Waals surface area contributed by atoms with Gasteiger partial charge in [-0.25, -0.2) is 4.85 Å². The second-order valence-electron chi connectivity index (χ2n) is 26.5. The normalized spacial score (nSPS) is 11.0. The van der Waals surface area contributed by atoms with E-state index in [0.717, 1.165) is 111 Å². The van der Waals surface area contributed by atoms with Crippen molar-refractivity contribution in [3.8, 4) is 69.0 Å². The lowest BCUT2D eigenvalue weighted by Gasteiger charge is -2.10. The van der Waals surface area contributed by atoms with E-state index in [-0.39, 0.29) is 45.0 Å². The van der Waals surface area contributed by atoms with Crippen molar-refractivity contribution in [1.82, 2.24) is 81.2 Å². The highest BCUT2D eigenvalue weighted by Crippen LogP contribution is 2.35. The van der Waals surface area contributed by atoms with Crippen LogP contribution in [0.5, 0.6) is 0 Å². The predicted octanol–water partition coefficient (Wildman–Crippen LogP) is 14.6. The number of rotatable bonds is 16. The van der Waals surface area contributed by atoms with Crippen LogP contribution in [0.15, 0.2) is 182 Å². The first-order valence-corrected chi connectivity index (χ1v) is 46.2. The number of halogens is 14. The van der Waals surface area contributed by atoms with Gasteiger partial charge in [-0.15, -0.1) is 58.3 Å². The Morgan fingerprint density at radius 2 is 0.832 bits per heavy atom. The average Bonchev–Trinajstić information content (AvgIpc) is 1.78. The number of hydrogen-bond donors (Lipinski definition) is 10. The molecule has 0 atom stereocenters. The molecule has 0 spiro atoms. The number of nitrogens with zero attached hydrogens (tertiary/aromatic N) is 16. The summed E-state index contributed by atoms with van der Waals surface area (Å²) in [5.41, 5.74) is 30.1. The predicted molar refractivity (Wildman–Crippen MR) is 460 cm³/mol. The van der Waals surface area contributed by atoms with E-state index in [0.29, 0.717) is 76.3 Å². The number of aliphatic hydroxyl groups is 4. The number of nitrogen functional groups attached to an aromatic ring is 3. The zero-order chi connectivity index (χ0) is 88.4. The van der Waals surface area contributed by atoms with Crippen LogP contribution in [0.2, 0.25) is 39.3 Å². The first kappa shape index (κ1) is 99.6. The molecule has 0 aliphatic heterocycles. The molecule has 26 nitrogen and oxygen atoms in total. The third-order valence-corrected chi connectivity index (χ3v) is 18.9. The fraction of sp³-hybridized carbons (Fsp3) is 0.250. The molecule has 628 valence electrons. The number of anilines is 3. The molecule has 0 fully saturated rings. The highest BCUT2D eigenvalue weighted by molar-refractivity contribution is 9.11. The van der Waals surface area contributed by atoms with Crippen LogP contribution in [-0.2, 0) is 51.0 Å². The summed E-state index contributed by atoms with van der Waals surface area (Å²) in [4.78, 5) is 7.15. The van der Waals surface area contributed by atoms with E-state index in [1.165, 1.54) is 38.7 Å². The fourth-order valence-electron chi connectivity index (χ4n) is 9.03. The van der Waals surface area contributed by atoms with Crippen molar-refractivity contribution in [2.45, 2.75) is 90.3 Å². The number of aromatic nitrogens is 16. The molecule has 0 bridgehead atoms. The third kappa shape index (κ3) is 35.1. The maximum atomic E-state index is 12.8. The van der Waals surface area contributed by atoms with Gasteiger partial charge in [-0.05, 0) is 165 Å². The van der Waals surface area contributed by atoms with Gasteiger partial charge in [0.2, 0.25) is 29.0 Å².